The van der Waals surface area contributed by atoms with Crippen LogP contribution in [-0.4, -0.2) is 35.4 Å². The highest BCUT2D eigenvalue weighted by atomic mass is 32.2. The number of fused-ring (bicyclic) bond motifs is 1. The van der Waals surface area contributed by atoms with Crippen LogP contribution in [0.1, 0.15) is 36.1 Å². The number of hydrogen-bond acceptors (Lipinski definition) is 3. The number of nitrogens with zero attached hydrogens (tertiary/aromatic N) is 3. The molecule has 0 saturated carbocycles. The highest BCUT2D eigenvalue weighted by Crippen LogP contribution is 2.30. The molecule has 3 aromatic rings. The second-order valence-corrected chi connectivity index (χ2v) is 10.8. The van der Waals surface area contributed by atoms with E-state index in [2.05, 4.69) is 28.6 Å². The molecule has 1 atom stereocenters. The summed E-state index contributed by atoms with van der Waals surface area (Å²) < 4.78 is 30.7. The summed E-state index contributed by atoms with van der Waals surface area (Å²) in [6.45, 7) is 4.02. The summed E-state index contributed by atoms with van der Waals surface area (Å²) >= 11 is 0. The maximum Gasteiger partial charge on any atom is 0.243 e. The molecule has 0 radical (unpaired) electrons. The van der Waals surface area contributed by atoms with Gasteiger partial charge in [-0.3, -0.25) is 0 Å². The van der Waals surface area contributed by atoms with Gasteiger partial charge in [-0.1, -0.05) is 36.4 Å². The Morgan fingerprint density at radius 1 is 1.03 bits per heavy atom. The molecular weight excluding hydrogens is 406 g/mol. The highest BCUT2D eigenvalue weighted by molar-refractivity contribution is 7.89. The van der Waals surface area contributed by atoms with Crippen LogP contribution in [-0.2, 0) is 29.4 Å². The molecule has 0 spiro atoms. The zero-order chi connectivity index (χ0) is 21.4. The maximum atomic E-state index is 13.4. The van der Waals surface area contributed by atoms with Gasteiger partial charge in [-0.15, -0.1) is 0 Å². The average Bonchev–Trinajstić information content (AvgIpc) is 3.41. The predicted molar refractivity (Wildman–Crippen MR) is 122 cm³/mol. The molecule has 0 bridgehead atoms. The van der Waals surface area contributed by atoms with Gasteiger partial charge in [0.15, 0.2) is 0 Å². The van der Waals surface area contributed by atoms with Crippen molar-refractivity contribution in [3.05, 3.63) is 71.5 Å². The van der Waals surface area contributed by atoms with E-state index in [0.29, 0.717) is 18.0 Å². The van der Waals surface area contributed by atoms with E-state index >= 15 is 0 Å². The fourth-order valence-corrected chi connectivity index (χ4v) is 6.63. The summed E-state index contributed by atoms with van der Waals surface area (Å²) in [5.41, 5.74) is 4.71. The van der Waals surface area contributed by atoms with Crippen molar-refractivity contribution < 1.29 is 8.42 Å². The second kappa shape index (κ2) is 8.24. The van der Waals surface area contributed by atoms with Gasteiger partial charge in [-0.05, 0) is 68.2 Å². The van der Waals surface area contributed by atoms with Crippen LogP contribution < -0.4 is 0 Å². The largest absolute Gasteiger partial charge is 0.328 e. The zero-order valence-corrected chi connectivity index (χ0v) is 18.8. The number of aryl methyl sites for hydroxylation is 3. The average molecular weight is 436 g/mol. The van der Waals surface area contributed by atoms with E-state index in [1.165, 1.54) is 11.1 Å². The minimum Gasteiger partial charge on any atom is -0.328 e. The molecule has 1 aliphatic carbocycles. The Morgan fingerprint density at radius 3 is 2.68 bits per heavy atom. The van der Waals surface area contributed by atoms with E-state index in [-0.39, 0.29) is 5.92 Å². The lowest BCUT2D eigenvalue weighted by molar-refractivity contribution is 0.245. The van der Waals surface area contributed by atoms with E-state index in [0.717, 1.165) is 55.7 Å². The number of benzene rings is 2. The molecule has 2 heterocycles. The molecular formula is C25H29N3O2S. The van der Waals surface area contributed by atoms with E-state index in [4.69, 9.17) is 0 Å². The first kappa shape index (κ1) is 20.5. The number of aromatic nitrogens is 2. The van der Waals surface area contributed by atoms with Crippen molar-refractivity contribution in [2.45, 2.75) is 50.5 Å². The summed E-state index contributed by atoms with van der Waals surface area (Å²) in [6.07, 6.45) is 7.01. The van der Waals surface area contributed by atoms with Crippen LogP contribution in [0.15, 0.2) is 59.6 Å². The van der Waals surface area contributed by atoms with Crippen molar-refractivity contribution >= 4 is 10.0 Å². The van der Waals surface area contributed by atoms with E-state index < -0.39 is 10.0 Å². The van der Waals surface area contributed by atoms with Gasteiger partial charge in [0.1, 0.15) is 5.82 Å². The van der Waals surface area contributed by atoms with Crippen LogP contribution in [0.5, 0.6) is 0 Å². The van der Waals surface area contributed by atoms with Gasteiger partial charge in [-0.2, -0.15) is 4.31 Å². The molecule has 2 aliphatic rings. The molecule has 1 aliphatic heterocycles. The van der Waals surface area contributed by atoms with Crippen LogP contribution in [0.2, 0.25) is 0 Å². The van der Waals surface area contributed by atoms with Crippen LogP contribution >= 0.6 is 0 Å². The Morgan fingerprint density at radius 2 is 1.84 bits per heavy atom. The summed E-state index contributed by atoms with van der Waals surface area (Å²) in [4.78, 5) is 5.09. The van der Waals surface area contributed by atoms with Crippen molar-refractivity contribution in [1.82, 2.24) is 13.9 Å². The van der Waals surface area contributed by atoms with Crippen molar-refractivity contribution in [2.75, 3.05) is 13.1 Å². The Labute approximate surface area is 184 Å². The van der Waals surface area contributed by atoms with Crippen molar-refractivity contribution in [1.29, 1.82) is 0 Å². The minimum absolute atomic E-state index is 0.272. The van der Waals surface area contributed by atoms with Gasteiger partial charge in [-0.25, -0.2) is 13.4 Å². The Hall–Kier alpha value is -2.44. The smallest absolute Gasteiger partial charge is 0.243 e. The SMILES string of the molecule is Cc1cnc(-c2ccccc2)n1CC1CCCN(S(=O)(=O)c2ccc3c(c2)CCC3)C1. The van der Waals surface area contributed by atoms with E-state index in [9.17, 15) is 8.42 Å². The van der Waals surface area contributed by atoms with Gasteiger partial charge >= 0.3 is 0 Å². The normalized spacial score (nSPS) is 19.5. The first-order chi connectivity index (χ1) is 15.0. The molecule has 0 amide bonds. The minimum atomic E-state index is -3.46. The van der Waals surface area contributed by atoms with E-state index in [1.54, 1.807) is 10.4 Å². The van der Waals surface area contributed by atoms with Gasteiger partial charge < -0.3 is 4.57 Å². The number of imidazole rings is 1. The van der Waals surface area contributed by atoms with Crippen LogP contribution in [0.4, 0.5) is 0 Å². The topological polar surface area (TPSA) is 55.2 Å². The molecule has 1 aromatic heterocycles. The standard InChI is InChI=1S/C25H29N3O2S/c1-19-16-26-25(22-8-3-2-4-9-22)28(19)18-20-7-6-14-27(17-20)31(29,30)24-13-12-21-10-5-11-23(21)15-24/h2-4,8-9,12-13,15-16,20H,5-7,10-11,14,17-18H2,1H3. The summed E-state index contributed by atoms with van der Waals surface area (Å²) in [6, 6.07) is 15.9. The lowest BCUT2D eigenvalue weighted by atomic mass is 9.99. The number of hydrogen-bond donors (Lipinski definition) is 0. The van der Waals surface area contributed by atoms with Crippen LogP contribution in [0, 0.1) is 12.8 Å². The third kappa shape index (κ3) is 3.94. The monoisotopic (exact) mass is 435 g/mol. The molecule has 31 heavy (non-hydrogen) atoms. The van der Waals surface area contributed by atoms with Gasteiger partial charge in [0.05, 0.1) is 4.90 Å². The fourth-order valence-electron chi connectivity index (χ4n) is 5.02. The number of rotatable bonds is 5. The van der Waals surface area contributed by atoms with Crippen molar-refractivity contribution in [3.8, 4) is 11.4 Å². The quantitative estimate of drug-likeness (QED) is 0.595. The molecule has 2 aromatic carbocycles. The third-order valence-electron chi connectivity index (χ3n) is 6.72. The lowest BCUT2D eigenvalue weighted by Gasteiger charge is -2.32. The molecule has 1 fully saturated rings. The van der Waals surface area contributed by atoms with Crippen LogP contribution in [0.3, 0.4) is 0 Å². The number of sulfonamides is 1. The predicted octanol–water partition coefficient (Wildman–Crippen LogP) is 4.45. The summed E-state index contributed by atoms with van der Waals surface area (Å²) in [5.74, 6) is 1.23. The molecule has 1 saturated heterocycles. The molecule has 6 heteroatoms. The number of piperidine rings is 1. The molecule has 5 rings (SSSR count). The van der Waals surface area contributed by atoms with Crippen molar-refractivity contribution in [2.24, 2.45) is 5.92 Å². The highest BCUT2D eigenvalue weighted by Gasteiger charge is 2.31. The van der Waals surface area contributed by atoms with Crippen LogP contribution in [0.25, 0.3) is 11.4 Å². The fraction of sp³-hybridized carbons (Fsp3) is 0.400. The summed E-state index contributed by atoms with van der Waals surface area (Å²) in [7, 11) is -3.46. The van der Waals surface area contributed by atoms with Crippen molar-refractivity contribution in [3.63, 3.8) is 0 Å². The van der Waals surface area contributed by atoms with Gasteiger partial charge in [0.25, 0.3) is 0 Å². The first-order valence-electron chi connectivity index (χ1n) is 11.2. The lowest BCUT2D eigenvalue weighted by Crippen LogP contribution is -2.41. The first-order valence-corrected chi connectivity index (χ1v) is 12.7. The van der Waals surface area contributed by atoms with Gasteiger partial charge in [0, 0.05) is 37.1 Å². The Bertz CT molecular complexity index is 1180. The third-order valence-corrected chi connectivity index (χ3v) is 8.58. The summed E-state index contributed by atoms with van der Waals surface area (Å²) in [5, 5.41) is 0. The van der Waals surface area contributed by atoms with E-state index in [1.807, 2.05) is 36.5 Å². The maximum absolute atomic E-state index is 13.4. The Kier molecular flexibility index (Phi) is 5.44. The molecule has 0 N–H and O–H groups in total. The molecule has 1 unspecified atom stereocenters. The molecule has 5 nitrogen and oxygen atoms in total. The molecule has 162 valence electrons. The second-order valence-electron chi connectivity index (χ2n) is 8.86. The Balaban J connectivity index is 1.36. The zero-order valence-electron chi connectivity index (χ0n) is 18.0. The van der Waals surface area contributed by atoms with Gasteiger partial charge in [0.2, 0.25) is 10.0 Å².